The molecule has 0 radical (unpaired) electrons. The maximum absolute atomic E-state index is 13.4. The van der Waals surface area contributed by atoms with Gasteiger partial charge in [-0.25, -0.2) is 9.67 Å². The first-order valence-electron chi connectivity index (χ1n) is 9.36. The molecular weight excluding hydrogens is 423 g/mol. The number of aromatic nitrogens is 5. The molecule has 1 N–H and O–H groups in total. The Labute approximate surface area is 179 Å². The number of nitrogens with zero attached hydrogens (tertiary/aromatic N) is 6. The van der Waals surface area contributed by atoms with Gasteiger partial charge in [-0.3, -0.25) is 9.48 Å². The second kappa shape index (κ2) is 7.49. The minimum atomic E-state index is -4.87. The predicted molar refractivity (Wildman–Crippen MR) is 109 cm³/mol. The number of hydrogen-bond acceptors (Lipinski definition) is 5. The number of benzene rings is 1. The predicted octanol–water partition coefficient (Wildman–Crippen LogP) is 3.91. The second-order valence-corrected chi connectivity index (χ2v) is 7.20. The summed E-state index contributed by atoms with van der Waals surface area (Å²) >= 11 is 0. The van der Waals surface area contributed by atoms with Crippen LogP contribution in [0.2, 0.25) is 0 Å². The molecule has 0 saturated heterocycles. The Morgan fingerprint density at radius 3 is 2.53 bits per heavy atom. The van der Waals surface area contributed by atoms with Crippen molar-refractivity contribution in [1.29, 1.82) is 5.26 Å². The molecule has 8 nitrogen and oxygen atoms in total. The lowest BCUT2D eigenvalue weighted by molar-refractivity contribution is -0.141. The molecule has 1 amide bonds. The van der Waals surface area contributed by atoms with E-state index in [2.05, 4.69) is 20.5 Å². The highest BCUT2D eigenvalue weighted by molar-refractivity contribution is 6.05. The Balaban J connectivity index is 1.73. The molecule has 0 atom stereocenters. The molecule has 1 aromatic carbocycles. The van der Waals surface area contributed by atoms with Crippen LogP contribution in [0.25, 0.3) is 16.6 Å². The fourth-order valence-electron chi connectivity index (χ4n) is 3.37. The molecule has 0 aliphatic carbocycles. The van der Waals surface area contributed by atoms with Crippen LogP contribution in [0.5, 0.6) is 0 Å². The monoisotopic (exact) mass is 439 g/mol. The van der Waals surface area contributed by atoms with Crippen molar-refractivity contribution in [3.05, 3.63) is 64.9 Å². The number of nitrogens with one attached hydrogen (secondary N) is 1. The maximum Gasteiger partial charge on any atom is 0.434 e. The van der Waals surface area contributed by atoms with Gasteiger partial charge in [0.15, 0.2) is 5.69 Å². The summed E-state index contributed by atoms with van der Waals surface area (Å²) < 4.78 is 43.5. The summed E-state index contributed by atoms with van der Waals surface area (Å²) in [5.74, 6) is -0.813. The van der Waals surface area contributed by atoms with Crippen LogP contribution in [0.3, 0.4) is 0 Å². The molecule has 3 aromatic heterocycles. The molecule has 0 bridgehead atoms. The van der Waals surface area contributed by atoms with Gasteiger partial charge in [-0.2, -0.15) is 28.6 Å². The Hall–Kier alpha value is -4.20. The zero-order valence-electron chi connectivity index (χ0n) is 17.2. The van der Waals surface area contributed by atoms with E-state index in [9.17, 15) is 18.0 Å². The molecule has 0 fully saturated rings. The van der Waals surface area contributed by atoms with Crippen molar-refractivity contribution in [2.24, 2.45) is 7.05 Å². The third-order valence-corrected chi connectivity index (χ3v) is 5.11. The van der Waals surface area contributed by atoms with Crippen LogP contribution < -0.4 is 5.32 Å². The van der Waals surface area contributed by atoms with Gasteiger partial charge in [-0.05, 0) is 43.2 Å². The van der Waals surface area contributed by atoms with Crippen LogP contribution >= 0.6 is 0 Å². The van der Waals surface area contributed by atoms with E-state index in [1.165, 1.54) is 19.9 Å². The van der Waals surface area contributed by atoms with Crippen molar-refractivity contribution >= 4 is 22.5 Å². The number of rotatable bonds is 3. The number of pyridine rings is 1. The van der Waals surface area contributed by atoms with Gasteiger partial charge in [0, 0.05) is 18.1 Å². The number of amides is 1. The van der Waals surface area contributed by atoms with Crippen molar-refractivity contribution in [3.63, 3.8) is 0 Å². The van der Waals surface area contributed by atoms with E-state index < -0.39 is 29.0 Å². The SMILES string of the molecule is Cc1c(C(=O)Nc2ccc3cnn(-c4cnn(C)c4)c3c2)nc(C(F)(F)F)c(C#N)c1C. The van der Waals surface area contributed by atoms with Crippen molar-refractivity contribution in [2.75, 3.05) is 5.32 Å². The van der Waals surface area contributed by atoms with Gasteiger partial charge in [0.25, 0.3) is 5.91 Å². The highest BCUT2D eigenvalue weighted by atomic mass is 19.4. The lowest BCUT2D eigenvalue weighted by Gasteiger charge is -2.15. The molecule has 11 heteroatoms. The zero-order chi connectivity index (χ0) is 23.2. The highest BCUT2D eigenvalue weighted by Gasteiger charge is 2.38. The number of fused-ring (bicyclic) bond motifs is 1. The largest absolute Gasteiger partial charge is 0.434 e. The Morgan fingerprint density at radius 1 is 1.16 bits per heavy atom. The van der Waals surface area contributed by atoms with Crippen molar-refractivity contribution in [2.45, 2.75) is 20.0 Å². The van der Waals surface area contributed by atoms with E-state index in [-0.39, 0.29) is 11.1 Å². The summed E-state index contributed by atoms with van der Waals surface area (Å²) in [6.07, 6.45) is 0.180. The van der Waals surface area contributed by atoms with Crippen LogP contribution in [-0.4, -0.2) is 30.5 Å². The van der Waals surface area contributed by atoms with Crippen LogP contribution in [0.1, 0.15) is 32.9 Å². The number of carbonyl (C=O) groups is 1. The molecule has 4 aromatic rings. The molecule has 0 aliphatic heterocycles. The van der Waals surface area contributed by atoms with Crippen molar-refractivity contribution in [3.8, 4) is 11.8 Å². The van der Waals surface area contributed by atoms with E-state index >= 15 is 0 Å². The fraction of sp³-hybridized carbons (Fsp3) is 0.190. The summed E-state index contributed by atoms with van der Waals surface area (Å²) in [5.41, 5.74) is -0.363. The molecule has 0 aliphatic rings. The van der Waals surface area contributed by atoms with E-state index in [1.807, 2.05) is 0 Å². The summed E-state index contributed by atoms with van der Waals surface area (Å²) in [6, 6.07) is 6.54. The minimum absolute atomic E-state index is 0.0603. The molecule has 4 rings (SSSR count). The number of carbonyl (C=O) groups excluding carboxylic acids is 1. The molecule has 32 heavy (non-hydrogen) atoms. The smallest absolute Gasteiger partial charge is 0.321 e. The first-order chi connectivity index (χ1) is 15.1. The fourth-order valence-corrected chi connectivity index (χ4v) is 3.37. The maximum atomic E-state index is 13.4. The number of halogens is 3. The summed E-state index contributed by atoms with van der Waals surface area (Å²) in [7, 11) is 1.77. The van der Waals surface area contributed by atoms with Crippen LogP contribution in [0, 0.1) is 25.2 Å². The Kier molecular flexibility index (Phi) is 4.93. The molecule has 162 valence electrons. The van der Waals surface area contributed by atoms with Crippen molar-refractivity contribution < 1.29 is 18.0 Å². The molecular formula is C21H16F3N7O. The third kappa shape index (κ3) is 3.56. The van der Waals surface area contributed by atoms with Gasteiger partial charge in [0.2, 0.25) is 0 Å². The van der Waals surface area contributed by atoms with Crippen LogP contribution in [0.15, 0.2) is 36.8 Å². The van der Waals surface area contributed by atoms with Crippen molar-refractivity contribution in [1.82, 2.24) is 24.5 Å². The first kappa shape index (κ1) is 21.0. The van der Waals surface area contributed by atoms with Crippen LogP contribution in [0.4, 0.5) is 18.9 Å². The summed E-state index contributed by atoms with van der Waals surface area (Å²) in [5, 5.41) is 21.0. The van der Waals surface area contributed by atoms with E-state index in [1.54, 1.807) is 53.2 Å². The summed E-state index contributed by atoms with van der Waals surface area (Å²) in [6.45, 7) is 2.82. The van der Waals surface area contributed by atoms with Gasteiger partial charge < -0.3 is 5.32 Å². The van der Waals surface area contributed by atoms with E-state index in [0.717, 1.165) is 5.39 Å². The standard InChI is InChI=1S/C21H16F3N7O/c1-11-12(2)18(29-19(16(11)7-25)21(22,23)24)20(32)28-14-5-4-13-8-27-31(17(13)6-14)15-9-26-30(3)10-15/h4-6,8-10H,1-3H3,(H,28,32). The first-order valence-corrected chi connectivity index (χ1v) is 9.36. The number of nitriles is 1. The molecule has 0 unspecified atom stereocenters. The number of aryl methyl sites for hydroxylation is 1. The van der Waals surface area contributed by atoms with Gasteiger partial charge in [-0.1, -0.05) is 0 Å². The van der Waals surface area contributed by atoms with Gasteiger partial charge in [-0.15, -0.1) is 0 Å². The lowest BCUT2D eigenvalue weighted by Crippen LogP contribution is -2.21. The minimum Gasteiger partial charge on any atom is -0.321 e. The molecule has 0 spiro atoms. The number of hydrogen-bond donors (Lipinski definition) is 1. The van der Waals surface area contributed by atoms with Gasteiger partial charge >= 0.3 is 6.18 Å². The molecule has 3 heterocycles. The third-order valence-electron chi connectivity index (χ3n) is 5.11. The summed E-state index contributed by atoms with van der Waals surface area (Å²) in [4.78, 5) is 16.3. The van der Waals surface area contributed by atoms with Crippen LogP contribution in [-0.2, 0) is 13.2 Å². The Bertz CT molecular complexity index is 1410. The number of anilines is 1. The number of alkyl halides is 3. The second-order valence-electron chi connectivity index (χ2n) is 7.20. The normalized spacial score (nSPS) is 11.5. The average Bonchev–Trinajstić information content (AvgIpc) is 3.34. The van der Waals surface area contributed by atoms with Gasteiger partial charge in [0.1, 0.15) is 17.5 Å². The molecule has 0 saturated carbocycles. The average molecular weight is 439 g/mol. The van der Waals surface area contributed by atoms with E-state index in [4.69, 9.17) is 5.26 Å². The Morgan fingerprint density at radius 2 is 1.91 bits per heavy atom. The topological polar surface area (TPSA) is 101 Å². The van der Waals surface area contributed by atoms with Gasteiger partial charge in [0.05, 0.1) is 29.7 Å². The lowest BCUT2D eigenvalue weighted by atomic mass is 10.0. The quantitative estimate of drug-likeness (QED) is 0.522. The zero-order valence-corrected chi connectivity index (χ0v) is 17.2. The van der Waals surface area contributed by atoms with E-state index in [0.29, 0.717) is 16.9 Å². The highest BCUT2D eigenvalue weighted by Crippen LogP contribution is 2.33.